The van der Waals surface area contributed by atoms with Gasteiger partial charge in [-0.15, -0.1) is 0 Å². The molecule has 1 heterocycles. The molecule has 0 fully saturated rings. The van der Waals surface area contributed by atoms with E-state index in [4.69, 9.17) is 9.47 Å². The molecule has 0 aromatic heterocycles. The van der Waals surface area contributed by atoms with E-state index in [2.05, 4.69) is 10.6 Å². The first-order valence-electron chi connectivity index (χ1n) is 10.3. The highest BCUT2D eigenvalue weighted by atomic mass is 16.5. The zero-order valence-corrected chi connectivity index (χ0v) is 17.7. The molecule has 32 heavy (non-hydrogen) atoms. The summed E-state index contributed by atoms with van der Waals surface area (Å²) in [5.41, 5.74) is 2.92. The zero-order chi connectivity index (χ0) is 22.9. The zero-order valence-electron chi connectivity index (χ0n) is 17.7. The third kappa shape index (κ3) is 6.04. The Hall–Kier alpha value is -3.94. The number of hydrogen-bond donors (Lipinski definition) is 2. The molecule has 0 saturated heterocycles. The lowest BCUT2D eigenvalue weighted by Crippen LogP contribution is -2.45. The van der Waals surface area contributed by atoms with E-state index in [0.717, 1.165) is 11.1 Å². The third-order valence-corrected chi connectivity index (χ3v) is 4.82. The van der Waals surface area contributed by atoms with Crippen LogP contribution in [0.5, 0.6) is 0 Å². The molecule has 0 atom stereocenters. The van der Waals surface area contributed by atoms with Crippen LogP contribution in [0.4, 0.5) is 4.79 Å². The molecule has 0 spiro atoms. The van der Waals surface area contributed by atoms with E-state index in [0.29, 0.717) is 5.56 Å². The summed E-state index contributed by atoms with van der Waals surface area (Å²) in [6.45, 7) is 1.53. The van der Waals surface area contributed by atoms with Gasteiger partial charge in [-0.05, 0) is 18.1 Å². The quantitative estimate of drug-likeness (QED) is 0.462. The van der Waals surface area contributed by atoms with Gasteiger partial charge in [0, 0.05) is 12.0 Å². The molecule has 1 aliphatic rings. The number of ketones is 1. The Morgan fingerprint density at radius 2 is 1.59 bits per heavy atom. The Morgan fingerprint density at radius 3 is 2.28 bits per heavy atom. The molecule has 0 bridgehead atoms. The summed E-state index contributed by atoms with van der Waals surface area (Å²) >= 11 is 0. The molecular weight excluding hydrogens is 412 g/mol. The second-order valence-electron chi connectivity index (χ2n) is 7.01. The molecule has 8 heteroatoms. The highest BCUT2D eigenvalue weighted by Gasteiger charge is 2.24. The first kappa shape index (κ1) is 22.7. The van der Waals surface area contributed by atoms with Gasteiger partial charge in [0.25, 0.3) is 0 Å². The van der Waals surface area contributed by atoms with E-state index in [-0.39, 0.29) is 49.7 Å². The summed E-state index contributed by atoms with van der Waals surface area (Å²) in [6.07, 6.45) is -0.130. The monoisotopic (exact) mass is 436 g/mol. The molecule has 8 nitrogen and oxygen atoms in total. The van der Waals surface area contributed by atoms with Crippen LogP contribution in [0.1, 0.15) is 30.1 Å². The van der Waals surface area contributed by atoms with Gasteiger partial charge in [0.15, 0.2) is 5.78 Å². The minimum absolute atomic E-state index is 0.0127. The Kier molecular flexibility index (Phi) is 7.75. The SMILES string of the molecule is CCOC(=O)C1=C(COC(=O)CCC(=O)c2ccc(-c3ccccc3)cc2)NC(=O)NC1. The van der Waals surface area contributed by atoms with Crippen LogP contribution in [-0.2, 0) is 19.1 Å². The number of ether oxygens (including phenoxy) is 2. The normalized spacial score (nSPS) is 13.1. The van der Waals surface area contributed by atoms with Crippen LogP contribution in [-0.4, -0.2) is 43.5 Å². The fraction of sp³-hybridized carbons (Fsp3) is 0.250. The summed E-state index contributed by atoms with van der Waals surface area (Å²) in [5.74, 6) is -1.38. The maximum absolute atomic E-state index is 12.4. The van der Waals surface area contributed by atoms with Crippen LogP contribution >= 0.6 is 0 Å². The van der Waals surface area contributed by atoms with Gasteiger partial charge in [0.05, 0.1) is 30.8 Å². The van der Waals surface area contributed by atoms with Crippen LogP contribution in [0.15, 0.2) is 65.9 Å². The number of nitrogens with one attached hydrogen (secondary N) is 2. The van der Waals surface area contributed by atoms with E-state index >= 15 is 0 Å². The van der Waals surface area contributed by atoms with Gasteiger partial charge in [0.2, 0.25) is 0 Å². The molecule has 1 aliphatic heterocycles. The smallest absolute Gasteiger partial charge is 0.337 e. The molecule has 166 valence electrons. The maximum Gasteiger partial charge on any atom is 0.337 e. The molecule has 0 aliphatic carbocycles. The van der Waals surface area contributed by atoms with Crippen molar-refractivity contribution in [2.24, 2.45) is 0 Å². The van der Waals surface area contributed by atoms with Gasteiger partial charge in [-0.25, -0.2) is 9.59 Å². The summed E-state index contributed by atoms with van der Waals surface area (Å²) in [5, 5.41) is 4.92. The number of rotatable bonds is 9. The van der Waals surface area contributed by atoms with Crippen molar-refractivity contribution in [2.45, 2.75) is 19.8 Å². The second-order valence-corrected chi connectivity index (χ2v) is 7.01. The lowest BCUT2D eigenvalue weighted by Gasteiger charge is -2.21. The number of urea groups is 1. The lowest BCUT2D eigenvalue weighted by atomic mass is 10.0. The number of benzene rings is 2. The number of amides is 2. The number of carbonyl (C=O) groups excluding carboxylic acids is 4. The molecule has 2 aromatic carbocycles. The average Bonchev–Trinajstić information content (AvgIpc) is 2.82. The Balaban J connectivity index is 1.52. The lowest BCUT2D eigenvalue weighted by molar-refractivity contribution is -0.143. The topological polar surface area (TPSA) is 111 Å². The molecular formula is C24H24N2O6. The van der Waals surface area contributed by atoms with Crippen LogP contribution < -0.4 is 10.6 Å². The Labute approximate surface area is 185 Å². The van der Waals surface area contributed by atoms with Gasteiger partial charge in [0.1, 0.15) is 6.61 Å². The van der Waals surface area contributed by atoms with Crippen molar-refractivity contribution in [3.05, 3.63) is 71.4 Å². The van der Waals surface area contributed by atoms with E-state index < -0.39 is 18.0 Å². The molecule has 0 radical (unpaired) electrons. The minimum atomic E-state index is -0.609. The predicted molar refractivity (Wildman–Crippen MR) is 117 cm³/mol. The Morgan fingerprint density at radius 1 is 0.906 bits per heavy atom. The van der Waals surface area contributed by atoms with Gasteiger partial charge in [-0.3, -0.25) is 9.59 Å². The van der Waals surface area contributed by atoms with Crippen LogP contribution in [0, 0.1) is 0 Å². The highest BCUT2D eigenvalue weighted by Crippen LogP contribution is 2.20. The van der Waals surface area contributed by atoms with Crippen molar-refractivity contribution >= 4 is 23.8 Å². The van der Waals surface area contributed by atoms with Gasteiger partial charge >= 0.3 is 18.0 Å². The summed E-state index contributed by atoms with van der Waals surface area (Å²) in [6, 6.07) is 16.5. The second kappa shape index (κ2) is 10.9. The van der Waals surface area contributed by atoms with E-state index in [9.17, 15) is 19.2 Å². The van der Waals surface area contributed by atoms with Crippen molar-refractivity contribution in [1.82, 2.24) is 10.6 Å². The fourth-order valence-corrected chi connectivity index (χ4v) is 3.13. The van der Waals surface area contributed by atoms with Crippen LogP contribution in [0.2, 0.25) is 0 Å². The highest BCUT2D eigenvalue weighted by molar-refractivity contribution is 5.98. The van der Waals surface area contributed by atoms with Gasteiger partial charge in [-0.2, -0.15) is 0 Å². The van der Waals surface area contributed by atoms with E-state index in [1.807, 2.05) is 42.5 Å². The van der Waals surface area contributed by atoms with E-state index in [1.165, 1.54) is 0 Å². The van der Waals surface area contributed by atoms with Crippen molar-refractivity contribution < 1.29 is 28.7 Å². The molecule has 2 amide bonds. The number of Topliss-reactive ketones (excluding diaryl/α,β-unsaturated/α-hetero) is 1. The van der Waals surface area contributed by atoms with E-state index in [1.54, 1.807) is 19.1 Å². The fourth-order valence-electron chi connectivity index (χ4n) is 3.13. The maximum atomic E-state index is 12.4. The average molecular weight is 436 g/mol. The van der Waals surface area contributed by atoms with Crippen LogP contribution in [0.3, 0.4) is 0 Å². The van der Waals surface area contributed by atoms with Crippen molar-refractivity contribution in [3.63, 3.8) is 0 Å². The van der Waals surface area contributed by atoms with Gasteiger partial charge < -0.3 is 20.1 Å². The Bertz CT molecular complexity index is 1030. The summed E-state index contributed by atoms with van der Waals surface area (Å²) in [4.78, 5) is 48.0. The first-order chi connectivity index (χ1) is 15.5. The van der Waals surface area contributed by atoms with Crippen molar-refractivity contribution in [1.29, 1.82) is 0 Å². The first-order valence-corrected chi connectivity index (χ1v) is 10.3. The van der Waals surface area contributed by atoms with Crippen molar-refractivity contribution in [2.75, 3.05) is 19.8 Å². The van der Waals surface area contributed by atoms with Crippen molar-refractivity contribution in [3.8, 4) is 11.1 Å². The number of carbonyl (C=O) groups is 4. The largest absolute Gasteiger partial charge is 0.463 e. The summed E-state index contributed by atoms with van der Waals surface area (Å²) in [7, 11) is 0. The minimum Gasteiger partial charge on any atom is -0.463 e. The van der Waals surface area contributed by atoms with Gasteiger partial charge in [-0.1, -0.05) is 54.6 Å². The number of hydrogen-bond acceptors (Lipinski definition) is 6. The third-order valence-electron chi connectivity index (χ3n) is 4.82. The molecule has 3 rings (SSSR count). The standard InChI is InChI=1S/C24H24N2O6/c1-2-31-23(29)19-14-25-24(30)26-20(19)15-32-22(28)13-12-21(27)18-10-8-17(9-11-18)16-6-4-3-5-7-16/h3-11H,2,12-15H2,1H3,(H2,25,26,30). The van der Waals surface area contributed by atoms with Crippen LogP contribution in [0.25, 0.3) is 11.1 Å². The molecule has 0 unspecified atom stereocenters. The summed E-state index contributed by atoms with van der Waals surface area (Å²) < 4.78 is 10.1. The molecule has 0 saturated carbocycles. The number of esters is 2. The predicted octanol–water partition coefficient (Wildman–Crippen LogP) is 2.99. The molecule has 2 N–H and O–H groups in total. The molecule has 2 aromatic rings.